The molecule has 3 atom stereocenters. The van der Waals surface area contributed by atoms with Gasteiger partial charge < -0.3 is 14.4 Å². The molecule has 0 aliphatic carbocycles. The number of β-amino-alcohol motifs (C(OH)–C–C–N with tert-alkyl or cyclic N) is 1. The highest BCUT2D eigenvalue weighted by molar-refractivity contribution is 5.44. The number of rotatable bonds is 9. The number of hydrogen-bond acceptors (Lipinski definition) is 4. The van der Waals surface area contributed by atoms with Gasteiger partial charge in [-0.05, 0) is 53.7 Å². The molecule has 4 rings (SSSR count). The Kier molecular flexibility index (Phi) is 7.49. The summed E-state index contributed by atoms with van der Waals surface area (Å²) in [4.78, 5) is 14.6. The first kappa shape index (κ1) is 26.0. The highest BCUT2D eigenvalue weighted by Gasteiger charge is 2.35. The van der Waals surface area contributed by atoms with E-state index in [4.69, 9.17) is 4.74 Å². The summed E-state index contributed by atoms with van der Waals surface area (Å²) < 4.78 is 8.23. The molecule has 2 aromatic rings. The van der Waals surface area contributed by atoms with Gasteiger partial charge in [0, 0.05) is 49.4 Å². The number of likely N-dealkylation sites (tertiary alicyclic amines) is 1. The Balaban J connectivity index is 1.43. The van der Waals surface area contributed by atoms with Crippen molar-refractivity contribution in [1.29, 1.82) is 0 Å². The topological polar surface area (TPSA) is 54.7 Å². The van der Waals surface area contributed by atoms with E-state index in [9.17, 15) is 9.90 Å². The first-order valence-corrected chi connectivity index (χ1v) is 13.4. The van der Waals surface area contributed by atoms with Gasteiger partial charge in [-0.1, -0.05) is 59.7 Å². The number of hydrogen-bond donors (Lipinski definition) is 1. The van der Waals surface area contributed by atoms with Crippen molar-refractivity contribution < 1.29 is 9.84 Å². The lowest BCUT2D eigenvalue weighted by molar-refractivity contribution is 0.0380. The number of aromatic nitrogens is 1. The van der Waals surface area contributed by atoms with Crippen LogP contribution in [0.25, 0.3) is 0 Å². The molecular formula is C30H44N2O3. The van der Waals surface area contributed by atoms with Crippen molar-refractivity contribution in [3.05, 3.63) is 63.6 Å². The van der Waals surface area contributed by atoms with Crippen molar-refractivity contribution in [3.63, 3.8) is 0 Å². The van der Waals surface area contributed by atoms with Crippen molar-refractivity contribution >= 4 is 0 Å². The third-order valence-corrected chi connectivity index (χ3v) is 8.71. The molecule has 0 unspecified atom stereocenters. The molecule has 2 bridgehead atoms. The van der Waals surface area contributed by atoms with Crippen molar-refractivity contribution in [1.82, 2.24) is 9.47 Å². The van der Waals surface area contributed by atoms with Crippen LogP contribution in [0.1, 0.15) is 83.5 Å². The van der Waals surface area contributed by atoms with E-state index < -0.39 is 6.10 Å². The zero-order valence-corrected chi connectivity index (χ0v) is 22.5. The Morgan fingerprint density at radius 1 is 1.03 bits per heavy atom. The zero-order valence-electron chi connectivity index (χ0n) is 22.5. The minimum atomic E-state index is -0.559. The number of ether oxygens (including phenoxy) is 1. The minimum absolute atomic E-state index is 0.00406. The molecule has 5 nitrogen and oxygen atoms in total. The Morgan fingerprint density at radius 2 is 1.77 bits per heavy atom. The number of fused-ring (bicyclic) bond motifs is 4. The fourth-order valence-corrected chi connectivity index (χ4v) is 5.68. The van der Waals surface area contributed by atoms with E-state index in [-0.39, 0.29) is 23.0 Å². The van der Waals surface area contributed by atoms with Gasteiger partial charge >= 0.3 is 0 Å². The molecule has 5 heteroatoms. The zero-order chi connectivity index (χ0) is 25.4. The molecule has 1 aromatic heterocycles. The molecule has 1 saturated heterocycles. The summed E-state index contributed by atoms with van der Waals surface area (Å²) in [5.41, 5.74) is 3.93. The number of aliphatic hydroxyl groups is 1. The number of nitrogens with zero attached hydrogens (tertiary/aromatic N) is 2. The van der Waals surface area contributed by atoms with Crippen LogP contribution in [0.2, 0.25) is 0 Å². The van der Waals surface area contributed by atoms with Gasteiger partial charge in [-0.15, -0.1) is 0 Å². The summed E-state index contributed by atoms with van der Waals surface area (Å²) in [7, 11) is 0. The van der Waals surface area contributed by atoms with Crippen LogP contribution in [0.15, 0.2) is 41.2 Å². The lowest BCUT2D eigenvalue weighted by Gasteiger charge is -2.43. The summed E-state index contributed by atoms with van der Waals surface area (Å²) in [5.74, 6) is 1.70. The lowest BCUT2D eigenvalue weighted by Crippen LogP contribution is -2.49. The molecule has 0 radical (unpaired) electrons. The molecule has 2 aliphatic heterocycles. The van der Waals surface area contributed by atoms with E-state index in [1.807, 2.05) is 10.6 Å². The van der Waals surface area contributed by atoms with Gasteiger partial charge in [-0.3, -0.25) is 9.69 Å². The predicted octanol–water partition coefficient (Wildman–Crippen LogP) is 5.08. The first-order valence-electron chi connectivity index (χ1n) is 13.4. The van der Waals surface area contributed by atoms with Crippen molar-refractivity contribution in [2.75, 3.05) is 26.2 Å². The predicted molar refractivity (Wildman–Crippen MR) is 143 cm³/mol. The van der Waals surface area contributed by atoms with Crippen LogP contribution in [0.5, 0.6) is 5.75 Å². The van der Waals surface area contributed by atoms with E-state index in [0.717, 1.165) is 50.3 Å². The second-order valence-electron chi connectivity index (χ2n) is 12.1. The maximum Gasteiger partial charge on any atom is 0.250 e. The third kappa shape index (κ3) is 5.51. The SMILES string of the molecule is CCC(C)(C)c1ccc(OC[C@H](O)CN2C[C@@H]3C[C@@H](C2)c2cccc(=O)n2C3)c(C(C)(C)CC)c1. The molecule has 0 amide bonds. The van der Waals surface area contributed by atoms with Crippen molar-refractivity contribution in [3.8, 4) is 5.75 Å². The minimum Gasteiger partial charge on any atom is -0.491 e. The summed E-state index contributed by atoms with van der Waals surface area (Å²) >= 11 is 0. The molecule has 3 heterocycles. The molecule has 1 N–H and O–H groups in total. The molecule has 192 valence electrons. The number of benzene rings is 1. The number of piperidine rings is 1. The second-order valence-corrected chi connectivity index (χ2v) is 12.1. The molecular weight excluding hydrogens is 436 g/mol. The average Bonchev–Trinajstić information content (AvgIpc) is 2.83. The number of pyridine rings is 1. The van der Waals surface area contributed by atoms with Gasteiger partial charge in [0.15, 0.2) is 0 Å². The highest BCUT2D eigenvalue weighted by Crippen LogP contribution is 2.39. The standard InChI is InChI=1S/C30H44N2O3/c1-7-29(3,4)23-12-13-27(25(15-23)30(5,6)8-2)35-20-24(33)19-31-16-21-14-22(18-31)26-10-9-11-28(34)32(26)17-21/h9-13,15,21-22,24,33H,7-8,14,16-20H2,1-6H3/t21-,22-,24+/m0/s1. The van der Waals surface area contributed by atoms with E-state index >= 15 is 0 Å². The van der Waals surface area contributed by atoms with Gasteiger partial charge in [-0.25, -0.2) is 0 Å². The monoisotopic (exact) mass is 480 g/mol. The molecule has 35 heavy (non-hydrogen) atoms. The number of aliphatic hydroxyl groups excluding tert-OH is 1. The van der Waals surface area contributed by atoms with E-state index in [2.05, 4.69) is 70.7 Å². The summed E-state index contributed by atoms with van der Waals surface area (Å²) in [5, 5.41) is 10.9. The quantitative estimate of drug-likeness (QED) is 0.544. The fourth-order valence-electron chi connectivity index (χ4n) is 5.68. The Hall–Kier alpha value is -2.11. The van der Waals surface area contributed by atoms with E-state index in [0.29, 0.717) is 18.4 Å². The highest BCUT2D eigenvalue weighted by atomic mass is 16.5. The Bertz CT molecular complexity index is 1090. The van der Waals surface area contributed by atoms with Gasteiger partial charge in [0.1, 0.15) is 18.5 Å². The second kappa shape index (κ2) is 10.1. The first-order chi connectivity index (χ1) is 16.5. The lowest BCUT2D eigenvalue weighted by atomic mass is 9.76. The van der Waals surface area contributed by atoms with Gasteiger partial charge in [0.25, 0.3) is 5.56 Å². The summed E-state index contributed by atoms with van der Waals surface area (Å²) in [6.07, 6.45) is 2.66. The van der Waals surface area contributed by atoms with Crippen LogP contribution in [0.3, 0.4) is 0 Å². The van der Waals surface area contributed by atoms with Crippen LogP contribution >= 0.6 is 0 Å². The molecule has 2 aliphatic rings. The van der Waals surface area contributed by atoms with E-state index in [1.165, 1.54) is 11.1 Å². The molecule has 1 fully saturated rings. The van der Waals surface area contributed by atoms with Gasteiger partial charge in [-0.2, -0.15) is 0 Å². The van der Waals surface area contributed by atoms with Gasteiger partial charge in [0.05, 0.1) is 0 Å². The van der Waals surface area contributed by atoms with Crippen LogP contribution in [-0.4, -0.2) is 46.9 Å². The molecule has 0 saturated carbocycles. The third-order valence-electron chi connectivity index (χ3n) is 8.71. The maximum absolute atomic E-state index is 12.3. The molecule has 0 spiro atoms. The molecule has 1 aromatic carbocycles. The Morgan fingerprint density at radius 3 is 2.49 bits per heavy atom. The average molecular weight is 481 g/mol. The normalized spacial score (nSPS) is 21.5. The van der Waals surface area contributed by atoms with Crippen molar-refractivity contribution in [2.24, 2.45) is 5.92 Å². The largest absolute Gasteiger partial charge is 0.491 e. The van der Waals surface area contributed by atoms with Crippen LogP contribution in [0, 0.1) is 5.92 Å². The fraction of sp³-hybridized carbons (Fsp3) is 0.633. The maximum atomic E-state index is 12.3. The van der Waals surface area contributed by atoms with Gasteiger partial charge in [0.2, 0.25) is 0 Å². The smallest absolute Gasteiger partial charge is 0.250 e. The Labute approximate surface area is 211 Å². The summed E-state index contributed by atoms with van der Waals surface area (Å²) in [6, 6.07) is 12.2. The van der Waals surface area contributed by atoms with Crippen LogP contribution in [0.4, 0.5) is 0 Å². The van der Waals surface area contributed by atoms with E-state index in [1.54, 1.807) is 6.07 Å². The van der Waals surface area contributed by atoms with Crippen LogP contribution < -0.4 is 10.3 Å². The van der Waals surface area contributed by atoms with Crippen LogP contribution in [-0.2, 0) is 17.4 Å². The van der Waals surface area contributed by atoms with Crippen molar-refractivity contribution in [2.45, 2.75) is 90.2 Å². The summed E-state index contributed by atoms with van der Waals surface area (Å²) in [6.45, 7) is 17.0.